The fourth-order valence-electron chi connectivity index (χ4n) is 3.33. The highest BCUT2D eigenvalue weighted by molar-refractivity contribution is 7.80. The number of nitrogens with zero attached hydrogens (tertiary/aromatic N) is 1. The molecule has 0 spiro atoms. The normalized spacial score (nSPS) is 13.0. The van der Waals surface area contributed by atoms with Gasteiger partial charge < -0.3 is 4.57 Å². The lowest BCUT2D eigenvalue weighted by Gasteiger charge is -2.16. The Balaban J connectivity index is 1.88. The van der Waals surface area contributed by atoms with Gasteiger partial charge in [0.2, 0.25) is 0 Å². The van der Waals surface area contributed by atoms with E-state index in [2.05, 4.69) is 60.0 Å². The number of rotatable bonds is 7. The lowest BCUT2D eigenvalue weighted by atomic mass is 10.1. The quantitative estimate of drug-likeness (QED) is 0.371. The van der Waals surface area contributed by atoms with Crippen molar-refractivity contribution in [3.05, 3.63) is 48.5 Å². The molecule has 0 aliphatic carbocycles. The first-order valence-corrected chi connectivity index (χ1v) is 9.00. The molecule has 0 saturated heterocycles. The zero-order valence-electron chi connectivity index (χ0n) is 13.3. The van der Waals surface area contributed by atoms with Crippen molar-refractivity contribution in [3.63, 3.8) is 0 Å². The van der Waals surface area contributed by atoms with Crippen molar-refractivity contribution in [3.8, 4) is 0 Å². The van der Waals surface area contributed by atoms with Crippen LogP contribution >= 0.6 is 12.6 Å². The molecule has 1 nitrogen and oxygen atoms in total. The average molecular weight is 311 g/mol. The summed E-state index contributed by atoms with van der Waals surface area (Å²) in [5, 5.41) is 2.93. The van der Waals surface area contributed by atoms with Crippen LogP contribution in [0.25, 0.3) is 21.8 Å². The van der Waals surface area contributed by atoms with Crippen molar-refractivity contribution in [2.24, 2.45) is 0 Å². The number of benzene rings is 2. The smallest absolute Gasteiger partial charge is 0.0770 e. The Morgan fingerprint density at radius 3 is 1.95 bits per heavy atom. The van der Waals surface area contributed by atoms with Gasteiger partial charge in [-0.1, -0.05) is 75.4 Å². The summed E-state index contributed by atoms with van der Waals surface area (Å²) in [6, 6.07) is 17.4. The summed E-state index contributed by atoms with van der Waals surface area (Å²) in [5.41, 5.74) is 2.61. The van der Waals surface area contributed by atoms with Crippen LogP contribution in [-0.4, -0.2) is 4.57 Å². The van der Waals surface area contributed by atoms with Crippen LogP contribution in [0.5, 0.6) is 0 Å². The first kappa shape index (κ1) is 15.5. The molecule has 0 bridgehead atoms. The molecule has 3 aromatic rings. The fourth-order valence-corrected chi connectivity index (χ4v) is 3.76. The van der Waals surface area contributed by atoms with E-state index in [4.69, 9.17) is 12.6 Å². The number of para-hydroxylation sites is 2. The van der Waals surface area contributed by atoms with Crippen LogP contribution in [0, 0.1) is 0 Å². The van der Waals surface area contributed by atoms with E-state index in [1.54, 1.807) is 0 Å². The average Bonchev–Trinajstić information content (AvgIpc) is 2.89. The van der Waals surface area contributed by atoms with Crippen molar-refractivity contribution in [2.75, 3.05) is 0 Å². The minimum atomic E-state index is 0.256. The molecule has 0 fully saturated rings. The van der Waals surface area contributed by atoms with Gasteiger partial charge in [0, 0.05) is 10.8 Å². The maximum Gasteiger partial charge on any atom is 0.0770 e. The molecule has 3 rings (SSSR count). The molecule has 0 aliphatic rings. The van der Waals surface area contributed by atoms with Gasteiger partial charge in [-0.25, -0.2) is 0 Å². The van der Waals surface area contributed by atoms with Gasteiger partial charge in [0.15, 0.2) is 0 Å². The van der Waals surface area contributed by atoms with Gasteiger partial charge >= 0.3 is 0 Å². The lowest BCUT2D eigenvalue weighted by Crippen LogP contribution is -2.02. The Kier molecular flexibility index (Phi) is 5.09. The molecule has 1 heterocycles. The van der Waals surface area contributed by atoms with Gasteiger partial charge in [-0.2, -0.15) is 12.6 Å². The summed E-state index contributed by atoms with van der Waals surface area (Å²) in [5.74, 6) is 0. The molecule has 1 unspecified atom stereocenters. The molecule has 1 aromatic heterocycles. The maximum absolute atomic E-state index is 4.93. The highest BCUT2D eigenvalue weighted by Crippen LogP contribution is 2.34. The summed E-state index contributed by atoms with van der Waals surface area (Å²) < 4.78 is 2.41. The molecule has 2 aromatic carbocycles. The maximum atomic E-state index is 4.93. The van der Waals surface area contributed by atoms with E-state index in [0.29, 0.717) is 0 Å². The molecule has 2 heteroatoms. The van der Waals surface area contributed by atoms with E-state index in [9.17, 15) is 0 Å². The van der Waals surface area contributed by atoms with Gasteiger partial charge in [-0.3, -0.25) is 0 Å². The molecule has 22 heavy (non-hydrogen) atoms. The third-order valence-electron chi connectivity index (χ3n) is 4.48. The highest BCUT2D eigenvalue weighted by Gasteiger charge is 2.14. The molecule has 1 atom stereocenters. The Bertz CT molecular complexity index is 690. The van der Waals surface area contributed by atoms with Crippen LogP contribution in [0.3, 0.4) is 0 Å². The minimum Gasteiger partial charge on any atom is -0.328 e. The van der Waals surface area contributed by atoms with Crippen LogP contribution < -0.4 is 0 Å². The lowest BCUT2D eigenvalue weighted by molar-refractivity contribution is 0.564. The van der Waals surface area contributed by atoms with Gasteiger partial charge in [-0.05, 0) is 18.6 Å². The van der Waals surface area contributed by atoms with Gasteiger partial charge in [0.05, 0.1) is 16.4 Å². The van der Waals surface area contributed by atoms with Crippen molar-refractivity contribution < 1.29 is 0 Å². The number of aromatic nitrogens is 1. The number of thiol groups is 1. The number of unbranched alkanes of at least 4 members (excludes halogenated alkanes) is 4. The molecule has 0 radical (unpaired) electrons. The first-order chi connectivity index (χ1) is 10.8. The summed E-state index contributed by atoms with van der Waals surface area (Å²) in [4.78, 5) is 0. The van der Waals surface area contributed by atoms with Crippen LogP contribution in [0.15, 0.2) is 48.5 Å². The Hall–Kier alpha value is -1.41. The zero-order chi connectivity index (χ0) is 15.4. The number of hydrogen-bond donors (Lipinski definition) is 1. The highest BCUT2D eigenvalue weighted by atomic mass is 32.1. The molecule has 0 N–H and O–H groups in total. The third-order valence-corrected chi connectivity index (χ3v) is 4.97. The summed E-state index contributed by atoms with van der Waals surface area (Å²) in [6.45, 7) is 2.26. The second-order valence-electron chi connectivity index (χ2n) is 6.09. The van der Waals surface area contributed by atoms with E-state index in [0.717, 1.165) is 6.42 Å². The fraction of sp³-hybridized carbons (Fsp3) is 0.400. The SMILES string of the molecule is CCCCCCCC(S)n1c2ccccc2c2ccccc21. The predicted octanol–water partition coefficient (Wildman–Crippen LogP) is 6.58. The van der Waals surface area contributed by atoms with E-state index < -0.39 is 0 Å². The zero-order valence-corrected chi connectivity index (χ0v) is 14.2. The second-order valence-corrected chi connectivity index (χ2v) is 6.68. The predicted molar refractivity (Wildman–Crippen MR) is 101 cm³/mol. The molecule has 0 aliphatic heterocycles. The van der Waals surface area contributed by atoms with Gasteiger partial charge in [0.1, 0.15) is 0 Å². The van der Waals surface area contributed by atoms with Crippen molar-refractivity contribution >= 4 is 34.4 Å². The monoisotopic (exact) mass is 311 g/mol. The first-order valence-electron chi connectivity index (χ1n) is 8.48. The summed E-state index contributed by atoms with van der Waals surface area (Å²) in [6.07, 6.45) is 7.72. The van der Waals surface area contributed by atoms with Crippen LogP contribution in [0.2, 0.25) is 0 Å². The Labute approximate surface area is 138 Å². The largest absolute Gasteiger partial charge is 0.328 e. The van der Waals surface area contributed by atoms with Crippen LogP contribution in [-0.2, 0) is 0 Å². The Morgan fingerprint density at radius 1 is 0.818 bits per heavy atom. The molecule has 0 saturated carbocycles. The second kappa shape index (κ2) is 7.23. The molecular weight excluding hydrogens is 286 g/mol. The van der Waals surface area contributed by atoms with Gasteiger partial charge in [0.25, 0.3) is 0 Å². The minimum absolute atomic E-state index is 0.256. The van der Waals surface area contributed by atoms with Crippen molar-refractivity contribution in [1.82, 2.24) is 4.57 Å². The van der Waals surface area contributed by atoms with E-state index in [1.165, 1.54) is 53.9 Å². The van der Waals surface area contributed by atoms with Crippen LogP contribution in [0.1, 0.15) is 50.8 Å². The van der Waals surface area contributed by atoms with E-state index in [-0.39, 0.29) is 5.37 Å². The van der Waals surface area contributed by atoms with E-state index in [1.807, 2.05) is 0 Å². The topological polar surface area (TPSA) is 4.93 Å². The Morgan fingerprint density at radius 2 is 1.36 bits per heavy atom. The van der Waals surface area contributed by atoms with Gasteiger partial charge in [-0.15, -0.1) is 0 Å². The molecule has 0 amide bonds. The number of fused-ring (bicyclic) bond motifs is 3. The summed E-state index contributed by atoms with van der Waals surface area (Å²) in [7, 11) is 0. The van der Waals surface area contributed by atoms with Crippen molar-refractivity contribution in [2.45, 2.75) is 50.8 Å². The third kappa shape index (κ3) is 3.03. The van der Waals surface area contributed by atoms with Crippen molar-refractivity contribution in [1.29, 1.82) is 0 Å². The van der Waals surface area contributed by atoms with E-state index >= 15 is 0 Å². The summed E-state index contributed by atoms with van der Waals surface area (Å²) >= 11 is 4.93. The van der Waals surface area contributed by atoms with Crippen LogP contribution in [0.4, 0.5) is 0 Å². The number of hydrogen-bond acceptors (Lipinski definition) is 1. The standard InChI is InChI=1S/C20H25NS/c1-2-3-4-5-6-15-20(22)21-18-13-9-7-11-16(18)17-12-8-10-14-19(17)21/h7-14,20,22H,2-6,15H2,1H3. The molecule has 116 valence electrons. The molecular formula is C20H25NS.